The van der Waals surface area contributed by atoms with E-state index in [4.69, 9.17) is 51.8 Å². The van der Waals surface area contributed by atoms with Crippen molar-refractivity contribution in [1.29, 1.82) is 0 Å². The minimum atomic E-state index is -1.48. The van der Waals surface area contributed by atoms with Gasteiger partial charge in [-0.1, -0.05) is 47.0 Å². The molecule has 0 aromatic carbocycles. The van der Waals surface area contributed by atoms with Crippen molar-refractivity contribution in [2.24, 2.45) is 0 Å². The molecular formula is C5H6Cl3NOS2. The number of hydrogen-bond acceptors (Lipinski definition) is 2. The zero-order valence-electron chi connectivity index (χ0n) is 5.84. The van der Waals surface area contributed by atoms with E-state index < -0.39 is 10.0 Å². The van der Waals surface area contributed by atoms with Crippen LogP contribution in [0.1, 0.15) is 0 Å². The molecule has 12 heavy (non-hydrogen) atoms. The van der Waals surface area contributed by atoms with Gasteiger partial charge in [0.1, 0.15) is 4.32 Å². The highest BCUT2D eigenvalue weighted by Gasteiger charge is 2.42. The molecule has 0 amide bonds. The normalized spacial score (nSPS) is 24.7. The Morgan fingerprint density at radius 2 is 2.17 bits per heavy atom. The summed E-state index contributed by atoms with van der Waals surface area (Å²) in [6.07, 6.45) is -0.618. The number of rotatable bonds is 0. The van der Waals surface area contributed by atoms with Crippen molar-refractivity contribution in [2.75, 3.05) is 13.2 Å². The maximum atomic E-state index is 5.65. The van der Waals surface area contributed by atoms with E-state index in [1.54, 1.807) is 4.90 Å². The molecule has 70 valence electrons. The van der Waals surface area contributed by atoms with E-state index in [1.165, 1.54) is 0 Å². The lowest BCUT2D eigenvalue weighted by Gasteiger charge is -2.28. The number of thiocarbonyl (C=S) groups is 1. The number of ether oxygens (including phenoxy) is 1. The Labute approximate surface area is 96.5 Å². The van der Waals surface area contributed by atoms with Crippen LogP contribution in [-0.4, -0.2) is 32.4 Å². The molecule has 1 atom stereocenters. The largest absolute Gasteiger partial charge is 0.352 e. The van der Waals surface area contributed by atoms with Gasteiger partial charge in [0.25, 0.3) is 0 Å². The third-order valence-electron chi connectivity index (χ3n) is 1.42. The van der Waals surface area contributed by atoms with Gasteiger partial charge in [0.05, 0.1) is 6.61 Å². The van der Waals surface area contributed by atoms with Crippen molar-refractivity contribution in [2.45, 2.75) is 10.0 Å². The first-order valence-corrected chi connectivity index (χ1v) is 5.10. The molecule has 0 aromatic heterocycles. The summed E-state index contributed by atoms with van der Waals surface area (Å²) in [6.45, 7) is 1.11. The topological polar surface area (TPSA) is 12.5 Å². The predicted molar refractivity (Wildman–Crippen MR) is 58.3 cm³/mol. The molecule has 0 bridgehead atoms. The second-order valence-corrected chi connectivity index (χ2v) is 5.72. The Morgan fingerprint density at radius 3 is 2.50 bits per heavy atom. The fourth-order valence-electron chi connectivity index (χ4n) is 0.937. The van der Waals surface area contributed by atoms with Gasteiger partial charge in [-0.2, -0.15) is 0 Å². The lowest BCUT2D eigenvalue weighted by molar-refractivity contribution is 0.0692. The van der Waals surface area contributed by atoms with Crippen molar-refractivity contribution in [3.05, 3.63) is 0 Å². The fourth-order valence-corrected chi connectivity index (χ4v) is 1.87. The van der Waals surface area contributed by atoms with Gasteiger partial charge in [0, 0.05) is 6.54 Å². The van der Waals surface area contributed by atoms with Gasteiger partial charge in [-0.05, 0) is 0 Å². The summed E-state index contributed by atoms with van der Waals surface area (Å²) >= 11 is 25.8. The van der Waals surface area contributed by atoms with Gasteiger partial charge in [-0.3, -0.25) is 0 Å². The van der Waals surface area contributed by atoms with Crippen LogP contribution in [0.25, 0.3) is 0 Å². The second kappa shape index (κ2) is 4.07. The molecule has 1 aliphatic heterocycles. The Hall–Kier alpha value is 1.07. The van der Waals surface area contributed by atoms with Crippen LogP contribution in [0.2, 0.25) is 0 Å². The van der Waals surface area contributed by atoms with Crippen LogP contribution < -0.4 is 0 Å². The number of alkyl halides is 3. The summed E-state index contributed by atoms with van der Waals surface area (Å²) in [7, 11) is 0. The first-order chi connectivity index (χ1) is 5.43. The third kappa shape index (κ3) is 2.53. The van der Waals surface area contributed by atoms with Crippen LogP contribution in [0.5, 0.6) is 0 Å². The van der Waals surface area contributed by atoms with Crippen molar-refractivity contribution in [3.63, 3.8) is 0 Å². The molecule has 0 N–H and O–H groups in total. The molecule has 1 rings (SSSR count). The summed E-state index contributed by atoms with van der Waals surface area (Å²) in [4.78, 5) is 1.63. The highest BCUT2D eigenvalue weighted by atomic mass is 35.6. The highest BCUT2D eigenvalue weighted by Crippen LogP contribution is 2.36. The summed E-state index contributed by atoms with van der Waals surface area (Å²) in [5, 5.41) is 0. The van der Waals surface area contributed by atoms with Crippen LogP contribution in [0.4, 0.5) is 0 Å². The van der Waals surface area contributed by atoms with E-state index in [9.17, 15) is 0 Å². The molecule has 7 heteroatoms. The quantitative estimate of drug-likeness (QED) is 0.410. The number of halogens is 3. The van der Waals surface area contributed by atoms with E-state index >= 15 is 0 Å². The molecule has 1 unspecified atom stereocenters. The first kappa shape index (κ1) is 11.1. The van der Waals surface area contributed by atoms with Crippen molar-refractivity contribution in [3.8, 4) is 0 Å². The molecule has 0 radical (unpaired) electrons. The first-order valence-electron chi connectivity index (χ1n) is 3.11. The lowest BCUT2D eigenvalue weighted by atomic mass is 10.5. The maximum absolute atomic E-state index is 5.65. The Balaban J connectivity index is 2.71. The van der Waals surface area contributed by atoms with Crippen molar-refractivity contribution >= 4 is 64.0 Å². The zero-order valence-corrected chi connectivity index (χ0v) is 9.82. The highest BCUT2D eigenvalue weighted by molar-refractivity contribution is 8.10. The summed E-state index contributed by atoms with van der Waals surface area (Å²) < 4.78 is 4.08. The molecule has 1 heterocycles. The fraction of sp³-hybridized carbons (Fsp3) is 0.800. The van der Waals surface area contributed by atoms with E-state index in [2.05, 4.69) is 12.6 Å². The molecule has 1 fully saturated rings. The summed E-state index contributed by atoms with van der Waals surface area (Å²) in [5.74, 6) is 0. The molecule has 1 aliphatic rings. The van der Waals surface area contributed by atoms with E-state index in [-0.39, 0.29) is 0 Å². The molecule has 0 aromatic rings. The second-order valence-electron chi connectivity index (χ2n) is 2.24. The van der Waals surface area contributed by atoms with Crippen molar-refractivity contribution in [1.82, 2.24) is 4.90 Å². The number of nitrogens with zero attached hydrogens (tertiary/aromatic N) is 1. The monoisotopic (exact) mass is 265 g/mol. The minimum absolute atomic E-state index is 0.379. The van der Waals surface area contributed by atoms with Gasteiger partial charge < -0.3 is 9.64 Å². The summed E-state index contributed by atoms with van der Waals surface area (Å²) in [5.41, 5.74) is 0. The molecular weight excluding hydrogens is 261 g/mol. The summed E-state index contributed by atoms with van der Waals surface area (Å²) in [6, 6.07) is 0. The molecule has 0 saturated carbocycles. The third-order valence-corrected chi connectivity index (χ3v) is 2.47. The molecule has 2 nitrogen and oxygen atoms in total. The van der Waals surface area contributed by atoms with Crippen LogP contribution in [0.15, 0.2) is 0 Å². The van der Waals surface area contributed by atoms with Crippen LogP contribution in [0, 0.1) is 0 Å². The SMILES string of the molecule is S=C(S)N1CCOC1C(Cl)(Cl)Cl. The number of hydrogen-bond donors (Lipinski definition) is 1. The Kier molecular flexibility index (Phi) is 3.78. The van der Waals surface area contributed by atoms with Crippen LogP contribution >= 0.6 is 59.6 Å². The maximum Gasteiger partial charge on any atom is 0.234 e. The Morgan fingerprint density at radius 1 is 1.58 bits per heavy atom. The van der Waals surface area contributed by atoms with Crippen LogP contribution in [0.3, 0.4) is 0 Å². The predicted octanol–water partition coefficient (Wildman–Crippen LogP) is 2.23. The molecule has 1 saturated heterocycles. The van der Waals surface area contributed by atoms with Gasteiger partial charge >= 0.3 is 0 Å². The van der Waals surface area contributed by atoms with Gasteiger partial charge in [0.15, 0.2) is 6.23 Å². The van der Waals surface area contributed by atoms with E-state index in [1.807, 2.05) is 0 Å². The average molecular weight is 267 g/mol. The smallest absolute Gasteiger partial charge is 0.234 e. The molecule has 0 spiro atoms. The van der Waals surface area contributed by atoms with Crippen molar-refractivity contribution < 1.29 is 4.74 Å². The van der Waals surface area contributed by atoms with Crippen LogP contribution in [-0.2, 0) is 4.74 Å². The van der Waals surface area contributed by atoms with Gasteiger partial charge in [0.2, 0.25) is 3.79 Å². The van der Waals surface area contributed by atoms with Gasteiger partial charge in [-0.25, -0.2) is 0 Å². The molecule has 0 aliphatic carbocycles. The lowest BCUT2D eigenvalue weighted by Crippen LogP contribution is -2.41. The average Bonchev–Trinajstić information content (AvgIpc) is 2.30. The number of thiol groups is 1. The Bertz CT molecular complexity index is 196. The zero-order chi connectivity index (χ0) is 9.35. The standard InChI is InChI=1S/C5H6Cl3NOS2/c6-5(7,8)3-9(4(11)12)1-2-10-3/h3H,1-2H2,(H,11,12). The van der Waals surface area contributed by atoms with E-state index in [0.717, 1.165) is 0 Å². The minimum Gasteiger partial charge on any atom is -0.352 e. The van der Waals surface area contributed by atoms with E-state index in [0.29, 0.717) is 17.5 Å². The van der Waals surface area contributed by atoms with Gasteiger partial charge in [-0.15, -0.1) is 12.6 Å².